The summed E-state index contributed by atoms with van der Waals surface area (Å²) in [5.41, 5.74) is 1.36. The maximum Gasteiger partial charge on any atom is 0.257 e. The highest BCUT2D eigenvalue weighted by Gasteiger charge is 2.17. The quantitative estimate of drug-likeness (QED) is 0.473. The number of nitrogens with one attached hydrogen (secondary N) is 3. The molecule has 0 aliphatic carbocycles. The van der Waals surface area contributed by atoms with Crippen LogP contribution in [0.15, 0.2) is 24.3 Å². The molecule has 0 bridgehead atoms. The Hall–Kier alpha value is -2.57. The van der Waals surface area contributed by atoms with E-state index in [0.29, 0.717) is 39.1 Å². The Balaban J connectivity index is 1.79. The lowest BCUT2D eigenvalue weighted by Crippen LogP contribution is -2.17. The lowest BCUT2D eigenvalue weighted by molar-refractivity contribution is 0.102. The maximum atomic E-state index is 12.6. The highest BCUT2D eigenvalue weighted by molar-refractivity contribution is 7.92. The monoisotopic (exact) mass is 452 g/mol. The molecule has 154 valence electrons. The summed E-state index contributed by atoms with van der Waals surface area (Å²) < 4.78 is 28.6. The molecule has 0 radical (unpaired) electrons. The Morgan fingerprint density at radius 2 is 2.14 bits per heavy atom. The first-order valence-corrected chi connectivity index (χ1v) is 11.6. The molecule has 0 aliphatic heterocycles. The molecule has 1 amide bonds. The third kappa shape index (κ3) is 4.89. The maximum absolute atomic E-state index is 12.6. The second-order valence-electron chi connectivity index (χ2n) is 6.30. The van der Waals surface area contributed by atoms with Gasteiger partial charge in [0, 0.05) is 18.3 Å². The fraction of sp³-hybridized carbons (Fsp3) is 0.294. The number of aromatic amines is 1. The van der Waals surface area contributed by atoms with E-state index in [1.807, 2.05) is 6.92 Å². The summed E-state index contributed by atoms with van der Waals surface area (Å²) in [6.45, 7) is 3.61. The van der Waals surface area contributed by atoms with Gasteiger partial charge < -0.3 is 4.57 Å². The van der Waals surface area contributed by atoms with E-state index >= 15 is 0 Å². The van der Waals surface area contributed by atoms with Crippen molar-refractivity contribution in [3.05, 3.63) is 40.3 Å². The SMILES string of the molecule is CCCS(=O)(=O)Nc1cccc(C(=O)Nc2nc(C)c(-c3n[nH]c(=S)n3C)s2)c1. The van der Waals surface area contributed by atoms with Gasteiger partial charge in [0.05, 0.1) is 16.3 Å². The Morgan fingerprint density at radius 1 is 1.38 bits per heavy atom. The van der Waals surface area contributed by atoms with Gasteiger partial charge in [-0.3, -0.25) is 19.9 Å². The minimum absolute atomic E-state index is 0.0151. The number of hydrogen-bond acceptors (Lipinski definition) is 7. The van der Waals surface area contributed by atoms with E-state index in [4.69, 9.17) is 12.2 Å². The fourth-order valence-corrected chi connectivity index (χ4v) is 4.84. The van der Waals surface area contributed by atoms with E-state index in [9.17, 15) is 13.2 Å². The van der Waals surface area contributed by atoms with Crippen LogP contribution >= 0.6 is 23.6 Å². The number of rotatable bonds is 7. The molecule has 3 rings (SSSR count). The molecule has 0 saturated carbocycles. The summed E-state index contributed by atoms with van der Waals surface area (Å²) in [5.74, 6) is 0.260. The largest absolute Gasteiger partial charge is 0.303 e. The van der Waals surface area contributed by atoms with Crippen LogP contribution in [0.4, 0.5) is 10.8 Å². The summed E-state index contributed by atoms with van der Waals surface area (Å²) in [4.78, 5) is 17.8. The average molecular weight is 453 g/mol. The molecular formula is C17H20N6O3S3. The smallest absolute Gasteiger partial charge is 0.257 e. The summed E-state index contributed by atoms with van der Waals surface area (Å²) >= 11 is 6.41. The Labute approximate surface area is 177 Å². The van der Waals surface area contributed by atoms with Gasteiger partial charge in [-0.05, 0) is 43.8 Å². The third-order valence-corrected chi connectivity index (χ3v) is 6.90. The van der Waals surface area contributed by atoms with Crippen molar-refractivity contribution < 1.29 is 13.2 Å². The predicted octanol–water partition coefficient (Wildman–Crippen LogP) is 3.31. The van der Waals surface area contributed by atoms with E-state index < -0.39 is 15.9 Å². The zero-order valence-electron chi connectivity index (χ0n) is 16.0. The molecule has 3 aromatic rings. The number of hydrogen-bond donors (Lipinski definition) is 3. The molecule has 0 aliphatic rings. The van der Waals surface area contributed by atoms with Crippen molar-refractivity contribution in [1.82, 2.24) is 19.7 Å². The van der Waals surface area contributed by atoms with Gasteiger partial charge in [-0.1, -0.05) is 24.3 Å². The molecule has 0 spiro atoms. The summed E-state index contributed by atoms with van der Waals surface area (Å²) in [7, 11) is -1.64. The van der Waals surface area contributed by atoms with Crippen molar-refractivity contribution in [2.75, 3.05) is 15.8 Å². The van der Waals surface area contributed by atoms with E-state index in [-0.39, 0.29) is 5.75 Å². The number of sulfonamides is 1. The number of nitrogens with zero attached hydrogens (tertiary/aromatic N) is 3. The Bertz CT molecular complexity index is 1210. The number of anilines is 2. The number of aryl methyl sites for hydroxylation is 1. The molecule has 0 unspecified atom stereocenters. The number of carbonyl (C=O) groups is 1. The van der Waals surface area contributed by atoms with Gasteiger partial charge >= 0.3 is 0 Å². The van der Waals surface area contributed by atoms with Gasteiger partial charge in [0.25, 0.3) is 5.91 Å². The van der Waals surface area contributed by atoms with E-state index in [2.05, 4.69) is 25.2 Å². The Morgan fingerprint density at radius 3 is 2.79 bits per heavy atom. The standard InChI is InChI=1S/C17H20N6O3S3/c1-4-8-29(25,26)22-12-7-5-6-11(9-12)15(24)19-16-18-10(2)13(28-16)14-20-21-17(27)23(14)3/h5-7,9,22H,4,8H2,1-3H3,(H,21,27)(H,18,19,24). The second-order valence-corrected chi connectivity index (χ2v) is 9.53. The van der Waals surface area contributed by atoms with Gasteiger partial charge in [0.15, 0.2) is 15.7 Å². The normalized spacial score (nSPS) is 11.4. The molecular weight excluding hydrogens is 432 g/mol. The van der Waals surface area contributed by atoms with E-state index in [0.717, 1.165) is 4.88 Å². The van der Waals surface area contributed by atoms with Crippen molar-refractivity contribution in [3.63, 3.8) is 0 Å². The Kier molecular flexibility index (Phi) is 6.15. The lowest BCUT2D eigenvalue weighted by Gasteiger charge is -2.08. The van der Waals surface area contributed by atoms with E-state index in [1.54, 1.807) is 36.7 Å². The third-order valence-electron chi connectivity index (χ3n) is 3.97. The van der Waals surface area contributed by atoms with Crippen LogP contribution in [0.1, 0.15) is 29.4 Å². The van der Waals surface area contributed by atoms with Gasteiger partial charge in [-0.25, -0.2) is 13.4 Å². The predicted molar refractivity (Wildman–Crippen MR) is 116 cm³/mol. The first kappa shape index (κ1) is 21.1. The molecule has 1 aromatic carbocycles. The second kappa shape index (κ2) is 8.43. The number of aromatic nitrogens is 4. The fourth-order valence-electron chi connectivity index (χ4n) is 2.60. The molecule has 2 heterocycles. The molecule has 29 heavy (non-hydrogen) atoms. The number of thiazole rings is 1. The minimum atomic E-state index is -3.43. The van der Waals surface area contributed by atoms with Crippen LogP contribution in [-0.4, -0.2) is 39.8 Å². The minimum Gasteiger partial charge on any atom is -0.303 e. The first-order valence-electron chi connectivity index (χ1n) is 8.71. The first-order chi connectivity index (χ1) is 13.7. The van der Waals surface area contributed by atoms with Crippen LogP contribution < -0.4 is 10.0 Å². The summed E-state index contributed by atoms with van der Waals surface area (Å²) in [5, 5.41) is 10.1. The zero-order valence-corrected chi connectivity index (χ0v) is 18.5. The van der Waals surface area contributed by atoms with Crippen LogP contribution in [0.3, 0.4) is 0 Å². The van der Waals surface area contributed by atoms with Crippen molar-refractivity contribution in [2.45, 2.75) is 20.3 Å². The summed E-state index contributed by atoms with van der Waals surface area (Å²) in [6, 6.07) is 6.30. The van der Waals surface area contributed by atoms with Crippen LogP contribution in [0.25, 0.3) is 10.7 Å². The molecule has 9 nitrogen and oxygen atoms in total. The number of benzene rings is 1. The molecule has 0 saturated heterocycles. The number of amides is 1. The lowest BCUT2D eigenvalue weighted by atomic mass is 10.2. The molecule has 0 fully saturated rings. The summed E-state index contributed by atoms with van der Waals surface area (Å²) in [6.07, 6.45) is 0.502. The van der Waals surface area contributed by atoms with Crippen LogP contribution in [0, 0.1) is 11.7 Å². The molecule has 12 heteroatoms. The van der Waals surface area contributed by atoms with Gasteiger partial charge in [0.1, 0.15) is 0 Å². The number of H-pyrrole nitrogens is 1. The highest BCUT2D eigenvalue weighted by Crippen LogP contribution is 2.31. The van der Waals surface area contributed by atoms with Gasteiger partial charge in [-0.2, -0.15) is 5.10 Å². The van der Waals surface area contributed by atoms with Crippen LogP contribution in [0.5, 0.6) is 0 Å². The van der Waals surface area contributed by atoms with Crippen molar-refractivity contribution in [3.8, 4) is 10.7 Å². The molecule has 2 aromatic heterocycles. The van der Waals surface area contributed by atoms with Crippen molar-refractivity contribution in [1.29, 1.82) is 0 Å². The van der Waals surface area contributed by atoms with Crippen LogP contribution in [0.2, 0.25) is 0 Å². The zero-order chi connectivity index (χ0) is 21.2. The molecule has 3 N–H and O–H groups in total. The van der Waals surface area contributed by atoms with Crippen molar-refractivity contribution in [2.24, 2.45) is 7.05 Å². The van der Waals surface area contributed by atoms with Crippen molar-refractivity contribution >= 4 is 50.3 Å². The molecule has 0 atom stereocenters. The average Bonchev–Trinajstić information content (AvgIpc) is 3.16. The van der Waals surface area contributed by atoms with E-state index in [1.165, 1.54) is 17.4 Å². The van der Waals surface area contributed by atoms with Crippen LogP contribution in [-0.2, 0) is 17.1 Å². The topological polar surface area (TPSA) is 122 Å². The van der Waals surface area contributed by atoms with Gasteiger partial charge in [0.2, 0.25) is 10.0 Å². The highest BCUT2D eigenvalue weighted by atomic mass is 32.2. The number of carbonyl (C=O) groups excluding carboxylic acids is 1. The van der Waals surface area contributed by atoms with Gasteiger partial charge in [-0.15, -0.1) is 0 Å².